The number of hydrogen-bond acceptors (Lipinski definition) is 4. The lowest BCUT2D eigenvalue weighted by atomic mass is 10.1. The molecule has 2 heterocycles. The van der Waals surface area contributed by atoms with Gasteiger partial charge >= 0.3 is 0 Å². The second-order valence-electron chi connectivity index (χ2n) is 5.51. The molecule has 0 saturated carbocycles. The quantitative estimate of drug-likeness (QED) is 0.852. The molecule has 18 heavy (non-hydrogen) atoms. The first-order valence-electron chi connectivity index (χ1n) is 6.13. The highest BCUT2D eigenvalue weighted by molar-refractivity contribution is 9.10. The third-order valence-corrected chi connectivity index (χ3v) is 4.02. The van der Waals surface area contributed by atoms with Crippen LogP contribution in [-0.4, -0.2) is 46.6 Å². The smallest absolute Gasteiger partial charge is 0.267 e. The van der Waals surface area contributed by atoms with Crippen molar-refractivity contribution in [1.29, 1.82) is 0 Å². The van der Waals surface area contributed by atoms with Gasteiger partial charge in [0.25, 0.3) is 5.56 Å². The van der Waals surface area contributed by atoms with Crippen LogP contribution in [0.25, 0.3) is 0 Å². The van der Waals surface area contributed by atoms with Gasteiger partial charge in [0, 0.05) is 31.7 Å². The summed E-state index contributed by atoms with van der Waals surface area (Å²) >= 11 is 3.31. The van der Waals surface area contributed by atoms with E-state index in [-0.39, 0.29) is 11.1 Å². The summed E-state index contributed by atoms with van der Waals surface area (Å²) in [5, 5.41) is 0. The van der Waals surface area contributed by atoms with Crippen LogP contribution < -0.4 is 10.5 Å². The molecule has 1 aromatic rings. The number of rotatable bonds is 1. The van der Waals surface area contributed by atoms with Crippen molar-refractivity contribution in [2.75, 3.05) is 31.1 Å². The number of nitrogens with one attached hydrogen (secondary N) is 1. The summed E-state index contributed by atoms with van der Waals surface area (Å²) in [6.45, 7) is 10.5. The van der Waals surface area contributed by atoms with Crippen molar-refractivity contribution in [2.45, 2.75) is 26.3 Å². The lowest BCUT2D eigenvalue weighted by Gasteiger charge is -2.42. The molecule has 0 amide bonds. The molecule has 1 N–H and O–H groups in total. The monoisotopic (exact) mass is 314 g/mol. The minimum absolute atomic E-state index is 0.127. The van der Waals surface area contributed by atoms with Crippen molar-refractivity contribution in [3.63, 3.8) is 0 Å². The van der Waals surface area contributed by atoms with Crippen LogP contribution in [0.1, 0.15) is 20.8 Å². The van der Waals surface area contributed by atoms with Gasteiger partial charge in [0.05, 0.1) is 6.33 Å². The Labute approximate surface area is 115 Å². The third kappa shape index (κ3) is 2.75. The minimum atomic E-state index is -0.127. The first kappa shape index (κ1) is 13.5. The second kappa shape index (κ2) is 5.01. The summed E-state index contributed by atoms with van der Waals surface area (Å²) in [5.74, 6) is 0.743. The number of anilines is 1. The van der Waals surface area contributed by atoms with Gasteiger partial charge in [-0.25, -0.2) is 4.98 Å². The van der Waals surface area contributed by atoms with Crippen molar-refractivity contribution in [3.05, 3.63) is 21.2 Å². The lowest BCUT2D eigenvalue weighted by Crippen LogP contribution is -2.53. The van der Waals surface area contributed by atoms with Gasteiger partial charge in [0.15, 0.2) is 0 Å². The van der Waals surface area contributed by atoms with Crippen LogP contribution in [0.5, 0.6) is 0 Å². The van der Waals surface area contributed by atoms with Gasteiger partial charge < -0.3 is 9.88 Å². The zero-order chi connectivity index (χ0) is 13.3. The molecule has 1 aliphatic rings. The molecule has 1 aromatic heterocycles. The van der Waals surface area contributed by atoms with E-state index in [2.05, 4.69) is 56.5 Å². The molecule has 0 atom stereocenters. The first-order valence-corrected chi connectivity index (χ1v) is 6.92. The van der Waals surface area contributed by atoms with E-state index < -0.39 is 0 Å². The molecule has 2 rings (SSSR count). The van der Waals surface area contributed by atoms with Crippen molar-refractivity contribution in [1.82, 2.24) is 14.9 Å². The van der Waals surface area contributed by atoms with Gasteiger partial charge in [-0.3, -0.25) is 9.69 Å². The Kier molecular flexibility index (Phi) is 3.77. The number of aromatic amines is 1. The summed E-state index contributed by atoms with van der Waals surface area (Å²) in [6, 6.07) is 0. The van der Waals surface area contributed by atoms with Crippen molar-refractivity contribution < 1.29 is 0 Å². The minimum Gasteiger partial charge on any atom is -0.353 e. The normalized spacial score (nSPS) is 18.1. The Morgan fingerprint density at radius 2 is 1.89 bits per heavy atom. The van der Waals surface area contributed by atoms with E-state index in [0.29, 0.717) is 4.47 Å². The molecular formula is C12H19BrN4O. The highest BCUT2D eigenvalue weighted by Gasteiger charge is 2.27. The summed E-state index contributed by atoms with van der Waals surface area (Å²) in [4.78, 5) is 22.9. The van der Waals surface area contributed by atoms with Gasteiger partial charge in [-0.05, 0) is 36.7 Å². The third-order valence-electron chi connectivity index (χ3n) is 3.31. The Balaban J connectivity index is 2.11. The van der Waals surface area contributed by atoms with Crippen LogP contribution in [0.2, 0.25) is 0 Å². The molecule has 1 fully saturated rings. The highest BCUT2D eigenvalue weighted by Crippen LogP contribution is 2.22. The Hall–Kier alpha value is -0.880. The Bertz CT molecular complexity index is 472. The maximum atomic E-state index is 11.5. The predicted octanol–water partition coefficient (Wildman–Crippen LogP) is 1.45. The van der Waals surface area contributed by atoms with Crippen molar-refractivity contribution in [3.8, 4) is 0 Å². The van der Waals surface area contributed by atoms with Crippen molar-refractivity contribution >= 4 is 21.7 Å². The number of nitrogens with zero attached hydrogens (tertiary/aromatic N) is 3. The number of piperazine rings is 1. The molecule has 6 heteroatoms. The first-order chi connectivity index (χ1) is 8.39. The van der Waals surface area contributed by atoms with Crippen LogP contribution in [0.4, 0.5) is 5.82 Å². The standard InChI is InChI=1S/C12H19BrN4O/c1-12(2,3)17-6-4-16(5-7-17)10-9(13)11(18)15-8-14-10/h8H,4-7H2,1-3H3,(H,14,15,18). The molecule has 0 aliphatic carbocycles. The average molecular weight is 315 g/mol. The molecule has 100 valence electrons. The van der Waals surface area contributed by atoms with Crippen LogP contribution >= 0.6 is 15.9 Å². The summed E-state index contributed by atoms with van der Waals surface area (Å²) in [7, 11) is 0. The number of hydrogen-bond donors (Lipinski definition) is 1. The molecule has 0 radical (unpaired) electrons. The number of halogens is 1. The maximum Gasteiger partial charge on any atom is 0.267 e. The van der Waals surface area contributed by atoms with Gasteiger partial charge in [0.1, 0.15) is 10.3 Å². The number of aromatic nitrogens is 2. The van der Waals surface area contributed by atoms with E-state index in [1.165, 1.54) is 6.33 Å². The van der Waals surface area contributed by atoms with Gasteiger partial charge in [0.2, 0.25) is 0 Å². The molecule has 1 aliphatic heterocycles. The van der Waals surface area contributed by atoms with Crippen LogP contribution in [-0.2, 0) is 0 Å². The van der Waals surface area contributed by atoms with Gasteiger partial charge in [-0.2, -0.15) is 0 Å². The second-order valence-corrected chi connectivity index (χ2v) is 6.31. The van der Waals surface area contributed by atoms with Crippen LogP contribution in [0.15, 0.2) is 15.6 Å². The van der Waals surface area contributed by atoms with Gasteiger partial charge in [-0.1, -0.05) is 0 Å². The molecule has 0 unspecified atom stereocenters. The largest absolute Gasteiger partial charge is 0.353 e. The Morgan fingerprint density at radius 3 is 2.44 bits per heavy atom. The number of H-pyrrole nitrogens is 1. The maximum absolute atomic E-state index is 11.5. The molecule has 1 saturated heterocycles. The van der Waals surface area contributed by atoms with E-state index in [0.717, 1.165) is 32.0 Å². The molecule has 0 spiro atoms. The van der Waals surface area contributed by atoms with E-state index in [4.69, 9.17) is 0 Å². The zero-order valence-electron chi connectivity index (χ0n) is 11.0. The van der Waals surface area contributed by atoms with Gasteiger partial charge in [-0.15, -0.1) is 0 Å². The molecular weight excluding hydrogens is 296 g/mol. The van der Waals surface area contributed by atoms with Crippen LogP contribution in [0, 0.1) is 0 Å². The topological polar surface area (TPSA) is 52.2 Å². The van der Waals surface area contributed by atoms with E-state index >= 15 is 0 Å². The van der Waals surface area contributed by atoms with E-state index in [1.54, 1.807) is 0 Å². The summed E-state index contributed by atoms with van der Waals surface area (Å²) < 4.78 is 0.522. The lowest BCUT2D eigenvalue weighted by molar-refractivity contribution is 0.128. The highest BCUT2D eigenvalue weighted by atomic mass is 79.9. The van der Waals surface area contributed by atoms with Crippen molar-refractivity contribution in [2.24, 2.45) is 0 Å². The average Bonchev–Trinajstić information content (AvgIpc) is 2.32. The summed E-state index contributed by atoms with van der Waals surface area (Å²) in [5.41, 5.74) is 0.0727. The SMILES string of the molecule is CC(C)(C)N1CCN(c2nc[nH]c(=O)c2Br)CC1. The fraction of sp³-hybridized carbons (Fsp3) is 0.667. The molecule has 5 nitrogen and oxygen atoms in total. The predicted molar refractivity (Wildman–Crippen MR) is 76.1 cm³/mol. The van der Waals surface area contributed by atoms with E-state index in [1.807, 2.05) is 0 Å². The fourth-order valence-electron chi connectivity index (χ4n) is 2.18. The fourth-order valence-corrected chi connectivity index (χ4v) is 2.65. The molecule has 0 aromatic carbocycles. The summed E-state index contributed by atoms with van der Waals surface area (Å²) in [6.07, 6.45) is 1.46. The van der Waals surface area contributed by atoms with Crippen LogP contribution in [0.3, 0.4) is 0 Å². The molecule has 0 bridgehead atoms. The zero-order valence-corrected chi connectivity index (χ0v) is 12.6. The van der Waals surface area contributed by atoms with E-state index in [9.17, 15) is 4.79 Å². The Morgan fingerprint density at radius 1 is 1.28 bits per heavy atom.